The lowest BCUT2D eigenvalue weighted by Crippen LogP contribution is -2.32. The summed E-state index contributed by atoms with van der Waals surface area (Å²) in [4.78, 5) is 13.1. The molecule has 1 aromatic heterocycles. The smallest absolute Gasteiger partial charge is 0.258 e. The molecule has 2 heterocycles. The third kappa shape index (κ3) is 2.82. The van der Waals surface area contributed by atoms with Crippen molar-refractivity contribution >= 4 is 0 Å². The number of fused-ring (bicyclic) bond motifs is 1. The number of nitrogens with zero attached hydrogens (tertiary/aromatic N) is 2. The van der Waals surface area contributed by atoms with Gasteiger partial charge in [-0.3, -0.25) is 4.79 Å². The molecule has 0 bridgehead atoms. The Morgan fingerprint density at radius 2 is 2.00 bits per heavy atom. The second-order valence-electron chi connectivity index (χ2n) is 6.04. The van der Waals surface area contributed by atoms with Crippen molar-refractivity contribution in [1.29, 1.82) is 5.26 Å². The van der Waals surface area contributed by atoms with Crippen LogP contribution in [0.5, 0.6) is 11.5 Å². The van der Waals surface area contributed by atoms with E-state index < -0.39 is 5.92 Å². The Balaban J connectivity index is 2.23. The fraction of sp³-hybridized carbons (Fsp3) is 0.300. The van der Waals surface area contributed by atoms with Crippen molar-refractivity contribution in [2.75, 3.05) is 6.61 Å². The predicted molar refractivity (Wildman–Crippen MR) is 98.0 cm³/mol. The van der Waals surface area contributed by atoms with Crippen LogP contribution < -0.4 is 20.8 Å². The summed E-state index contributed by atoms with van der Waals surface area (Å²) in [6, 6.07) is 11.3. The van der Waals surface area contributed by atoms with Crippen LogP contribution in [-0.2, 0) is 6.54 Å². The topological polar surface area (TPSA) is 90.3 Å². The number of benzene rings is 1. The quantitative estimate of drug-likeness (QED) is 0.915. The zero-order valence-corrected chi connectivity index (χ0v) is 15.1. The molecule has 1 aromatic carbocycles. The van der Waals surface area contributed by atoms with Gasteiger partial charge in [0, 0.05) is 18.3 Å². The first-order valence-corrected chi connectivity index (χ1v) is 8.56. The summed E-state index contributed by atoms with van der Waals surface area (Å²) < 4.78 is 12.7. The van der Waals surface area contributed by atoms with Crippen LogP contribution in [0.4, 0.5) is 0 Å². The lowest BCUT2D eigenvalue weighted by molar-refractivity contribution is 0.340. The second-order valence-corrected chi connectivity index (χ2v) is 6.04. The Labute approximate surface area is 152 Å². The van der Waals surface area contributed by atoms with Gasteiger partial charge >= 0.3 is 0 Å². The fourth-order valence-electron chi connectivity index (χ4n) is 3.34. The molecule has 6 nitrogen and oxygen atoms in total. The van der Waals surface area contributed by atoms with Crippen LogP contribution in [-0.4, -0.2) is 11.2 Å². The van der Waals surface area contributed by atoms with E-state index >= 15 is 0 Å². The van der Waals surface area contributed by atoms with Crippen LogP contribution >= 0.6 is 0 Å². The van der Waals surface area contributed by atoms with Crippen molar-refractivity contribution in [3.05, 3.63) is 69.0 Å². The Hall–Kier alpha value is -3.20. The predicted octanol–water partition coefficient (Wildman–Crippen LogP) is 2.79. The fourth-order valence-corrected chi connectivity index (χ4v) is 3.34. The zero-order valence-electron chi connectivity index (χ0n) is 15.1. The number of hydrogen-bond donors (Lipinski definition) is 1. The molecule has 2 aromatic rings. The van der Waals surface area contributed by atoms with Gasteiger partial charge in [0.25, 0.3) is 5.56 Å². The molecule has 3 rings (SSSR count). The number of aryl methyl sites for hydroxylation is 1. The Kier molecular flexibility index (Phi) is 4.72. The normalized spacial score (nSPS) is 15.8. The van der Waals surface area contributed by atoms with Crippen molar-refractivity contribution in [1.82, 2.24) is 4.57 Å². The van der Waals surface area contributed by atoms with E-state index in [0.717, 1.165) is 17.0 Å². The van der Waals surface area contributed by atoms with E-state index in [4.69, 9.17) is 15.2 Å². The summed E-state index contributed by atoms with van der Waals surface area (Å²) in [6.45, 7) is 6.77. The van der Waals surface area contributed by atoms with Crippen LogP contribution in [0.3, 0.4) is 0 Å². The number of allylic oxidation sites excluding steroid dienone is 1. The molecular formula is C20H21N3O3. The van der Waals surface area contributed by atoms with Gasteiger partial charge < -0.3 is 19.8 Å². The number of aromatic nitrogens is 1. The van der Waals surface area contributed by atoms with Gasteiger partial charge in [-0.25, -0.2) is 0 Å². The minimum Gasteiger partial charge on any atom is -0.494 e. The van der Waals surface area contributed by atoms with E-state index in [2.05, 4.69) is 6.07 Å². The number of hydrogen-bond acceptors (Lipinski definition) is 5. The molecule has 2 N–H and O–H groups in total. The highest BCUT2D eigenvalue weighted by Gasteiger charge is 2.34. The van der Waals surface area contributed by atoms with E-state index in [-0.39, 0.29) is 17.0 Å². The zero-order chi connectivity index (χ0) is 18.8. The molecule has 0 fully saturated rings. The summed E-state index contributed by atoms with van der Waals surface area (Å²) in [5.41, 5.74) is 8.07. The van der Waals surface area contributed by atoms with Gasteiger partial charge in [0.15, 0.2) is 0 Å². The summed E-state index contributed by atoms with van der Waals surface area (Å²) in [5, 5.41) is 9.63. The van der Waals surface area contributed by atoms with Crippen LogP contribution in [0.1, 0.15) is 36.6 Å². The molecule has 26 heavy (non-hydrogen) atoms. The van der Waals surface area contributed by atoms with E-state index in [0.29, 0.717) is 24.5 Å². The minimum absolute atomic E-state index is 0.0342. The summed E-state index contributed by atoms with van der Waals surface area (Å²) >= 11 is 0. The van der Waals surface area contributed by atoms with E-state index in [1.807, 2.05) is 45.0 Å². The van der Waals surface area contributed by atoms with Crippen molar-refractivity contribution in [3.63, 3.8) is 0 Å². The minimum atomic E-state index is -0.565. The molecule has 0 spiro atoms. The molecule has 1 atom stereocenters. The molecule has 1 aliphatic rings. The number of nitriles is 1. The van der Waals surface area contributed by atoms with Crippen LogP contribution in [0.15, 0.2) is 46.6 Å². The van der Waals surface area contributed by atoms with Gasteiger partial charge in [-0.05, 0) is 38.5 Å². The molecule has 6 heteroatoms. The Morgan fingerprint density at radius 1 is 1.31 bits per heavy atom. The lowest BCUT2D eigenvalue weighted by atomic mass is 9.84. The monoisotopic (exact) mass is 351 g/mol. The number of ether oxygens (including phenoxy) is 2. The SMILES string of the molecule is CCOc1ccc([C@@H]2C(C#N)=C(N)Oc3cc(C)n(CC)c(=O)c32)cc1. The molecule has 0 saturated heterocycles. The third-order valence-corrected chi connectivity index (χ3v) is 4.53. The highest BCUT2D eigenvalue weighted by atomic mass is 16.5. The molecule has 0 saturated carbocycles. The molecule has 0 amide bonds. The number of pyridine rings is 1. The molecule has 0 radical (unpaired) electrons. The molecule has 1 aliphatic heterocycles. The van der Waals surface area contributed by atoms with Crippen molar-refractivity contribution in [2.45, 2.75) is 33.2 Å². The molecular weight excluding hydrogens is 330 g/mol. The lowest BCUT2D eigenvalue weighted by Gasteiger charge is -2.27. The Morgan fingerprint density at radius 3 is 2.58 bits per heavy atom. The maximum atomic E-state index is 13.1. The van der Waals surface area contributed by atoms with Gasteiger partial charge in [0.2, 0.25) is 5.88 Å². The maximum absolute atomic E-state index is 13.1. The first-order chi connectivity index (χ1) is 12.5. The standard InChI is InChI=1S/C20H21N3O3/c1-4-23-12(3)10-16-18(20(23)24)17(15(11-21)19(22)26-16)13-6-8-14(9-7-13)25-5-2/h6-10,17H,4-5,22H2,1-3H3/t17-/m1/s1. The van der Waals surface area contributed by atoms with Crippen LogP contribution in [0, 0.1) is 18.3 Å². The second kappa shape index (κ2) is 6.96. The van der Waals surface area contributed by atoms with Gasteiger partial charge in [0.1, 0.15) is 23.1 Å². The van der Waals surface area contributed by atoms with Gasteiger partial charge in [0.05, 0.1) is 18.1 Å². The van der Waals surface area contributed by atoms with Crippen molar-refractivity contribution in [3.8, 4) is 17.6 Å². The summed E-state index contributed by atoms with van der Waals surface area (Å²) in [7, 11) is 0. The van der Waals surface area contributed by atoms with E-state index in [1.165, 1.54) is 0 Å². The Bertz CT molecular complexity index is 966. The van der Waals surface area contributed by atoms with Gasteiger partial charge in [-0.15, -0.1) is 0 Å². The van der Waals surface area contributed by atoms with E-state index in [9.17, 15) is 10.1 Å². The largest absolute Gasteiger partial charge is 0.494 e. The molecule has 0 unspecified atom stereocenters. The number of nitrogens with two attached hydrogens (primary N) is 1. The van der Waals surface area contributed by atoms with Crippen LogP contribution in [0.2, 0.25) is 0 Å². The summed E-state index contributed by atoms with van der Waals surface area (Å²) in [5.74, 6) is 0.610. The average Bonchev–Trinajstić information content (AvgIpc) is 2.62. The average molecular weight is 351 g/mol. The highest BCUT2D eigenvalue weighted by Crippen LogP contribution is 2.40. The maximum Gasteiger partial charge on any atom is 0.258 e. The molecule has 134 valence electrons. The highest BCUT2D eigenvalue weighted by molar-refractivity contribution is 5.55. The van der Waals surface area contributed by atoms with Crippen molar-refractivity contribution < 1.29 is 9.47 Å². The van der Waals surface area contributed by atoms with Crippen molar-refractivity contribution in [2.24, 2.45) is 5.73 Å². The third-order valence-electron chi connectivity index (χ3n) is 4.53. The van der Waals surface area contributed by atoms with Crippen LogP contribution in [0.25, 0.3) is 0 Å². The first-order valence-electron chi connectivity index (χ1n) is 8.56. The van der Waals surface area contributed by atoms with E-state index in [1.54, 1.807) is 10.6 Å². The molecule has 0 aliphatic carbocycles. The number of rotatable bonds is 4. The van der Waals surface area contributed by atoms with Gasteiger partial charge in [-0.1, -0.05) is 12.1 Å². The summed E-state index contributed by atoms with van der Waals surface area (Å²) in [6.07, 6.45) is 0. The first kappa shape index (κ1) is 17.6. The van der Waals surface area contributed by atoms with Gasteiger partial charge in [-0.2, -0.15) is 5.26 Å².